The Hall–Kier alpha value is -0.750. The molecule has 1 aliphatic rings. The fourth-order valence-electron chi connectivity index (χ4n) is 2.25. The van der Waals surface area contributed by atoms with Crippen LogP contribution in [0.3, 0.4) is 0 Å². The largest absolute Gasteiger partial charge is 0.327 e. The molecule has 6 heteroatoms. The maximum atomic E-state index is 12.3. The lowest BCUT2D eigenvalue weighted by atomic mass is 9.81. The first-order chi connectivity index (χ1) is 7.61. The molecule has 5 nitrogen and oxygen atoms in total. The first-order valence-corrected chi connectivity index (χ1v) is 6.25. The molecule has 1 aliphatic carbocycles. The highest BCUT2D eigenvalue weighted by molar-refractivity contribution is 9.10. The lowest BCUT2D eigenvalue weighted by molar-refractivity contribution is 0.0860. The van der Waals surface area contributed by atoms with Crippen LogP contribution >= 0.6 is 15.9 Å². The fourth-order valence-corrected chi connectivity index (χ4v) is 2.78. The monoisotopic (exact) mass is 286 g/mol. The van der Waals surface area contributed by atoms with E-state index in [0.717, 1.165) is 25.7 Å². The number of hydrogen-bond donors (Lipinski definition) is 1. The summed E-state index contributed by atoms with van der Waals surface area (Å²) in [6.07, 6.45) is 4.00. The third kappa shape index (κ3) is 2.04. The van der Waals surface area contributed by atoms with E-state index in [1.165, 1.54) is 4.68 Å². The minimum atomic E-state index is -0.0813. The fraction of sp³-hybridized carbons (Fsp3) is 0.700. The summed E-state index contributed by atoms with van der Waals surface area (Å²) in [6, 6.07) is -0.0250. The van der Waals surface area contributed by atoms with Crippen molar-refractivity contribution in [2.75, 3.05) is 0 Å². The van der Waals surface area contributed by atoms with E-state index in [-0.39, 0.29) is 17.7 Å². The Morgan fingerprint density at radius 1 is 1.50 bits per heavy atom. The van der Waals surface area contributed by atoms with Gasteiger partial charge in [-0.05, 0) is 28.8 Å². The van der Waals surface area contributed by atoms with Crippen LogP contribution in [0, 0.1) is 5.92 Å². The average molecular weight is 287 g/mol. The predicted octanol–water partition coefficient (Wildman–Crippen LogP) is 1.28. The van der Waals surface area contributed by atoms with Gasteiger partial charge in [0.25, 0.3) is 0 Å². The number of carbonyl (C=O) groups excluding carboxylic acids is 1. The van der Waals surface area contributed by atoms with Gasteiger partial charge in [0.1, 0.15) is 5.69 Å². The number of hydrogen-bond acceptors (Lipinski definition) is 4. The highest BCUT2D eigenvalue weighted by atomic mass is 79.9. The van der Waals surface area contributed by atoms with Crippen LogP contribution in [-0.2, 0) is 7.05 Å². The molecule has 0 bridgehead atoms. The number of halogens is 1. The van der Waals surface area contributed by atoms with E-state index in [9.17, 15) is 4.79 Å². The SMILES string of the molecule is Cn1nnc(Br)c1C(=O)C1CCCCC1N. The van der Waals surface area contributed by atoms with E-state index >= 15 is 0 Å². The van der Waals surface area contributed by atoms with E-state index in [0.29, 0.717) is 10.3 Å². The first kappa shape index (κ1) is 11.7. The summed E-state index contributed by atoms with van der Waals surface area (Å²) in [5, 5.41) is 7.64. The number of nitrogens with zero attached hydrogens (tertiary/aromatic N) is 3. The zero-order valence-electron chi connectivity index (χ0n) is 9.19. The maximum Gasteiger partial charge on any atom is 0.188 e. The molecule has 2 rings (SSSR count). The maximum absolute atomic E-state index is 12.3. The molecule has 0 amide bonds. The second-order valence-corrected chi connectivity index (χ2v) is 5.02. The molecule has 2 atom stereocenters. The van der Waals surface area contributed by atoms with Crippen LogP contribution in [0.4, 0.5) is 0 Å². The topological polar surface area (TPSA) is 73.8 Å². The third-order valence-corrected chi connectivity index (χ3v) is 3.71. The van der Waals surface area contributed by atoms with E-state index in [1.54, 1.807) is 7.05 Å². The minimum absolute atomic E-state index is 0.0250. The molecule has 0 aromatic carbocycles. The van der Waals surface area contributed by atoms with Crippen molar-refractivity contribution in [1.29, 1.82) is 0 Å². The smallest absolute Gasteiger partial charge is 0.188 e. The molecule has 2 unspecified atom stereocenters. The van der Waals surface area contributed by atoms with Crippen molar-refractivity contribution in [1.82, 2.24) is 15.0 Å². The summed E-state index contributed by atoms with van der Waals surface area (Å²) in [6.45, 7) is 0. The van der Waals surface area contributed by atoms with Crippen LogP contribution in [-0.4, -0.2) is 26.8 Å². The Balaban J connectivity index is 2.24. The van der Waals surface area contributed by atoms with Gasteiger partial charge in [-0.2, -0.15) is 0 Å². The summed E-state index contributed by atoms with van der Waals surface area (Å²) in [5.41, 5.74) is 6.53. The average Bonchev–Trinajstić information content (AvgIpc) is 2.58. The Bertz CT molecular complexity index is 384. The van der Waals surface area contributed by atoms with Gasteiger partial charge in [-0.1, -0.05) is 18.1 Å². The van der Waals surface area contributed by atoms with Crippen LogP contribution in [0.1, 0.15) is 36.2 Å². The van der Waals surface area contributed by atoms with Crippen molar-refractivity contribution in [2.24, 2.45) is 18.7 Å². The van der Waals surface area contributed by atoms with Gasteiger partial charge in [0.2, 0.25) is 0 Å². The third-order valence-electron chi connectivity index (χ3n) is 3.18. The number of rotatable bonds is 2. The Kier molecular flexibility index (Phi) is 3.39. The summed E-state index contributed by atoms with van der Waals surface area (Å²) < 4.78 is 2.02. The standard InChI is InChI=1S/C10H15BrN4O/c1-15-8(10(11)13-14-15)9(16)6-4-2-3-5-7(6)12/h6-7H,2-5,12H2,1H3. The molecule has 1 heterocycles. The van der Waals surface area contributed by atoms with Gasteiger partial charge in [0.05, 0.1) is 0 Å². The number of ketones is 1. The molecule has 0 aliphatic heterocycles. The summed E-state index contributed by atoms with van der Waals surface area (Å²) in [4.78, 5) is 12.3. The van der Waals surface area contributed by atoms with Crippen molar-refractivity contribution < 1.29 is 4.79 Å². The molecule has 0 spiro atoms. The van der Waals surface area contributed by atoms with Crippen LogP contribution in [0.5, 0.6) is 0 Å². The summed E-state index contributed by atoms with van der Waals surface area (Å²) >= 11 is 3.25. The first-order valence-electron chi connectivity index (χ1n) is 5.46. The number of nitrogens with two attached hydrogens (primary N) is 1. The second kappa shape index (κ2) is 4.63. The van der Waals surface area contributed by atoms with Gasteiger partial charge in [-0.25, -0.2) is 4.68 Å². The molecule has 1 fully saturated rings. The van der Waals surface area contributed by atoms with Gasteiger partial charge in [0, 0.05) is 19.0 Å². The van der Waals surface area contributed by atoms with E-state index in [1.807, 2.05) is 0 Å². The molecule has 1 aromatic heterocycles. The van der Waals surface area contributed by atoms with Crippen molar-refractivity contribution in [3.63, 3.8) is 0 Å². The molecule has 88 valence electrons. The molecule has 1 saturated carbocycles. The Morgan fingerprint density at radius 2 is 2.19 bits per heavy atom. The van der Waals surface area contributed by atoms with Crippen LogP contribution in [0.25, 0.3) is 0 Å². The van der Waals surface area contributed by atoms with E-state index in [4.69, 9.17) is 5.73 Å². The molecule has 0 radical (unpaired) electrons. The van der Waals surface area contributed by atoms with Crippen molar-refractivity contribution >= 4 is 21.7 Å². The Labute approximate surface area is 103 Å². The van der Waals surface area contributed by atoms with E-state index in [2.05, 4.69) is 26.2 Å². The van der Waals surface area contributed by atoms with Gasteiger partial charge in [-0.15, -0.1) is 5.10 Å². The predicted molar refractivity (Wildman–Crippen MR) is 63.0 cm³/mol. The number of aryl methyl sites for hydroxylation is 1. The highest BCUT2D eigenvalue weighted by Crippen LogP contribution is 2.27. The zero-order chi connectivity index (χ0) is 11.7. The molecule has 1 aromatic rings. The zero-order valence-corrected chi connectivity index (χ0v) is 10.8. The summed E-state index contributed by atoms with van der Waals surface area (Å²) in [7, 11) is 1.72. The van der Waals surface area contributed by atoms with Gasteiger partial charge in [-0.3, -0.25) is 4.79 Å². The summed E-state index contributed by atoms with van der Waals surface area (Å²) in [5.74, 6) is -0.0196. The van der Waals surface area contributed by atoms with Crippen molar-refractivity contribution in [3.8, 4) is 0 Å². The van der Waals surface area contributed by atoms with Gasteiger partial charge < -0.3 is 5.73 Å². The van der Waals surface area contributed by atoms with Crippen LogP contribution in [0.2, 0.25) is 0 Å². The van der Waals surface area contributed by atoms with Crippen LogP contribution < -0.4 is 5.73 Å². The van der Waals surface area contributed by atoms with E-state index < -0.39 is 0 Å². The van der Waals surface area contributed by atoms with Crippen molar-refractivity contribution in [2.45, 2.75) is 31.7 Å². The normalized spacial score (nSPS) is 25.7. The molecule has 0 saturated heterocycles. The minimum Gasteiger partial charge on any atom is -0.327 e. The Morgan fingerprint density at radius 3 is 2.75 bits per heavy atom. The number of aromatic nitrogens is 3. The number of Topliss-reactive ketones (excluding diaryl/α,β-unsaturated/α-hetero) is 1. The quantitative estimate of drug-likeness (QED) is 0.831. The van der Waals surface area contributed by atoms with Gasteiger partial charge in [0.15, 0.2) is 10.4 Å². The van der Waals surface area contributed by atoms with Crippen LogP contribution in [0.15, 0.2) is 4.60 Å². The number of carbonyl (C=O) groups is 1. The molecular formula is C10H15BrN4O. The molecular weight excluding hydrogens is 272 g/mol. The molecule has 2 N–H and O–H groups in total. The highest BCUT2D eigenvalue weighted by Gasteiger charge is 2.32. The lowest BCUT2D eigenvalue weighted by Crippen LogP contribution is -2.38. The molecule has 16 heavy (non-hydrogen) atoms. The second-order valence-electron chi connectivity index (χ2n) is 4.27. The van der Waals surface area contributed by atoms with Gasteiger partial charge >= 0.3 is 0 Å². The lowest BCUT2D eigenvalue weighted by Gasteiger charge is -2.27. The van der Waals surface area contributed by atoms with Crippen molar-refractivity contribution in [3.05, 3.63) is 10.3 Å².